The average molecular weight is 290 g/mol. The Morgan fingerprint density at radius 1 is 1.10 bits per heavy atom. The lowest BCUT2D eigenvalue weighted by Crippen LogP contribution is -2.29. The van der Waals surface area contributed by atoms with Crippen molar-refractivity contribution in [3.8, 4) is 0 Å². The molecule has 4 heteroatoms. The molecule has 108 valence electrons. The van der Waals surface area contributed by atoms with Crippen LogP contribution < -0.4 is 10.6 Å². The van der Waals surface area contributed by atoms with Crippen LogP contribution in [0.25, 0.3) is 0 Å². The summed E-state index contributed by atoms with van der Waals surface area (Å²) >= 11 is 1.98. The molecule has 2 aliphatic rings. The van der Waals surface area contributed by atoms with Gasteiger partial charge in [0, 0.05) is 21.9 Å². The van der Waals surface area contributed by atoms with Gasteiger partial charge in [0.1, 0.15) is 0 Å². The van der Waals surface area contributed by atoms with Crippen LogP contribution in [0.4, 0.5) is 5.69 Å². The first-order valence-electron chi connectivity index (χ1n) is 7.59. The van der Waals surface area contributed by atoms with Gasteiger partial charge in [-0.05, 0) is 49.9 Å². The molecular formula is C16H22N2OS. The second-order valence-corrected chi connectivity index (χ2v) is 7.13. The van der Waals surface area contributed by atoms with Crippen LogP contribution in [-0.4, -0.2) is 23.7 Å². The van der Waals surface area contributed by atoms with E-state index in [2.05, 4.69) is 22.8 Å². The van der Waals surface area contributed by atoms with Gasteiger partial charge in [-0.3, -0.25) is 4.79 Å². The lowest BCUT2D eigenvalue weighted by Gasteiger charge is -2.10. The molecule has 3 rings (SSSR count). The molecule has 2 fully saturated rings. The van der Waals surface area contributed by atoms with Crippen LogP contribution >= 0.6 is 11.8 Å². The van der Waals surface area contributed by atoms with E-state index in [1.54, 1.807) is 0 Å². The van der Waals surface area contributed by atoms with Crippen molar-refractivity contribution in [1.29, 1.82) is 0 Å². The Kier molecular flexibility index (Phi) is 4.63. The van der Waals surface area contributed by atoms with Crippen molar-refractivity contribution in [2.75, 3.05) is 11.9 Å². The third kappa shape index (κ3) is 4.25. The summed E-state index contributed by atoms with van der Waals surface area (Å²) in [7, 11) is 0. The molecule has 1 aromatic carbocycles. The van der Waals surface area contributed by atoms with Gasteiger partial charge in [-0.1, -0.05) is 12.8 Å². The smallest absolute Gasteiger partial charge is 0.238 e. The van der Waals surface area contributed by atoms with E-state index in [1.807, 2.05) is 23.9 Å². The Hall–Kier alpha value is -1.00. The second-order valence-electron chi connectivity index (χ2n) is 5.75. The van der Waals surface area contributed by atoms with E-state index in [1.165, 1.54) is 43.4 Å². The first-order valence-corrected chi connectivity index (χ1v) is 8.47. The third-order valence-corrected chi connectivity index (χ3v) is 5.22. The summed E-state index contributed by atoms with van der Waals surface area (Å²) in [6.45, 7) is 0.420. The van der Waals surface area contributed by atoms with Gasteiger partial charge in [0.15, 0.2) is 0 Å². The molecule has 20 heavy (non-hydrogen) atoms. The van der Waals surface area contributed by atoms with Gasteiger partial charge < -0.3 is 10.6 Å². The molecule has 1 aromatic rings. The van der Waals surface area contributed by atoms with E-state index in [-0.39, 0.29) is 5.91 Å². The summed E-state index contributed by atoms with van der Waals surface area (Å²) in [6.07, 6.45) is 7.85. The van der Waals surface area contributed by atoms with Crippen molar-refractivity contribution in [1.82, 2.24) is 5.32 Å². The quantitative estimate of drug-likeness (QED) is 0.843. The maximum atomic E-state index is 11.7. The van der Waals surface area contributed by atoms with Gasteiger partial charge in [0.2, 0.25) is 5.91 Å². The fourth-order valence-electron chi connectivity index (χ4n) is 2.55. The van der Waals surface area contributed by atoms with Crippen LogP contribution in [0.15, 0.2) is 29.2 Å². The first-order chi connectivity index (χ1) is 9.79. The van der Waals surface area contributed by atoms with E-state index in [4.69, 9.17) is 0 Å². The zero-order valence-corrected chi connectivity index (χ0v) is 12.5. The fourth-order valence-corrected chi connectivity index (χ4v) is 3.79. The number of thioether (sulfide) groups is 1. The minimum atomic E-state index is 0.0492. The lowest BCUT2D eigenvalue weighted by atomic mass is 10.3. The van der Waals surface area contributed by atoms with Crippen molar-refractivity contribution in [3.05, 3.63) is 24.3 Å². The predicted octanol–water partition coefficient (Wildman–Crippen LogP) is 3.41. The van der Waals surface area contributed by atoms with Crippen LogP contribution in [0.3, 0.4) is 0 Å². The number of nitrogens with one attached hydrogen (secondary N) is 2. The summed E-state index contributed by atoms with van der Waals surface area (Å²) in [5.41, 5.74) is 0.892. The zero-order valence-electron chi connectivity index (χ0n) is 11.7. The van der Waals surface area contributed by atoms with Gasteiger partial charge in [-0.25, -0.2) is 0 Å². The highest BCUT2D eigenvalue weighted by molar-refractivity contribution is 8.00. The molecule has 0 saturated heterocycles. The van der Waals surface area contributed by atoms with Crippen LogP contribution in [0, 0.1) is 0 Å². The van der Waals surface area contributed by atoms with Crippen LogP contribution in [0.2, 0.25) is 0 Å². The molecule has 0 radical (unpaired) electrons. The standard InChI is InChI=1S/C16H22N2OS/c19-16(11-17-12-5-6-12)18-13-7-9-15(10-8-13)20-14-3-1-2-4-14/h7-10,12,14,17H,1-6,11H2,(H,18,19). The SMILES string of the molecule is O=C(CNC1CC1)Nc1ccc(SC2CCCC2)cc1. The van der Waals surface area contributed by atoms with Crippen molar-refractivity contribution in [2.45, 2.75) is 54.7 Å². The Bertz CT molecular complexity index is 450. The van der Waals surface area contributed by atoms with Gasteiger partial charge in [0.25, 0.3) is 0 Å². The molecule has 2 saturated carbocycles. The molecular weight excluding hydrogens is 268 g/mol. The number of carbonyl (C=O) groups is 1. The van der Waals surface area contributed by atoms with Crippen molar-refractivity contribution >= 4 is 23.4 Å². The number of carbonyl (C=O) groups excluding carboxylic acids is 1. The monoisotopic (exact) mass is 290 g/mol. The summed E-state index contributed by atoms with van der Waals surface area (Å²) in [6, 6.07) is 8.82. The first kappa shape index (κ1) is 14.0. The lowest BCUT2D eigenvalue weighted by molar-refractivity contribution is -0.115. The van der Waals surface area contributed by atoms with E-state index in [0.717, 1.165) is 10.9 Å². The third-order valence-electron chi connectivity index (χ3n) is 3.87. The molecule has 0 bridgehead atoms. The largest absolute Gasteiger partial charge is 0.325 e. The van der Waals surface area contributed by atoms with Crippen LogP contribution in [0.1, 0.15) is 38.5 Å². The molecule has 1 amide bonds. The highest BCUT2D eigenvalue weighted by Crippen LogP contribution is 2.34. The predicted molar refractivity (Wildman–Crippen MR) is 84.2 cm³/mol. The Morgan fingerprint density at radius 2 is 1.80 bits per heavy atom. The Morgan fingerprint density at radius 3 is 2.45 bits per heavy atom. The van der Waals surface area contributed by atoms with Gasteiger partial charge >= 0.3 is 0 Å². The van der Waals surface area contributed by atoms with Crippen molar-refractivity contribution < 1.29 is 4.79 Å². The fraction of sp³-hybridized carbons (Fsp3) is 0.562. The number of benzene rings is 1. The molecule has 0 heterocycles. The number of hydrogen-bond donors (Lipinski definition) is 2. The molecule has 0 unspecified atom stereocenters. The van der Waals surface area contributed by atoms with Crippen molar-refractivity contribution in [2.24, 2.45) is 0 Å². The molecule has 0 spiro atoms. The van der Waals surface area contributed by atoms with Gasteiger partial charge in [-0.15, -0.1) is 11.8 Å². The number of amides is 1. The maximum Gasteiger partial charge on any atom is 0.238 e. The van der Waals surface area contributed by atoms with Crippen LogP contribution in [-0.2, 0) is 4.79 Å². The van der Waals surface area contributed by atoms with Crippen LogP contribution in [0.5, 0.6) is 0 Å². The van der Waals surface area contributed by atoms with Crippen molar-refractivity contribution in [3.63, 3.8) is 0 Å². The topological polar surface area (TPSA) is 41.1 Å². The summed E-state index contributed by atoms with van der Waals surface area (Å²) in [5, 5.41) is 6.95. The summed E-state index contributed by atoms with van der Waals surface area (Å²) < 4.78 is 0. The molecule has 2 N–H and O–H groups in total. The minimum absolute atomic E-state index is 0.0492. The molecule has 3 nitrogen and oxygen atoms in total. The molecule has 0 aliphatic heterocycles. The number of hydrogen-bond acceptors (Lipinski definition) is 3. The Balaban J connectivity index is 1.45. The number of anilines is 1. The highest BCUT2D eigenvalue weighted by atomic mass is 32.2. The van der Waals surface area contributed by atoms with Gasteiger partial charge in [-0.2, -0.15) is 0 Å². The molecule has 0 aromatic heterocycles. The van der Waals surface area contributed by atoms with E-state index < -0.39 is 0 Å². The van der Waals surface area contributed by atoms with Gasteiger partial charge in [0.05, 0.1) is 6.54 Å². The highest BCUT2D eigenvalue weighted by Gasteiger charge is 2.21. The maximum absolute atomic E-state index is 11.7. The minimum Gasteiger partial charge on any atom is -0.325 e. The zero-order chi connectivity index (χ0) is 13.8. The normalized spacial score (nSPS) is 19.2. The molecule has 0 atom stereocenters. The molecule has 2 aliphatic carbocycles. The summed E-state index contributed by atoms with van der Waals surface area (Å²) in [5.74, 6) is 0.0492. The van der Waals surface area contributed by atoms with E-state index in [0.29, 0.717) is 12.6 Å². The second kappa shape index (κ2) is 6.64. The van der Waals surface area contributed by atoms with E-state index in [9.17, 15) is 4.79 Å². The average Bonchev–Trinajstić information content (AvgIpc) is 3.15. The summed E-state index contributed by atoms with van der Waals surface area (Å²) in [4.78, 5) is 13.0. The number of rotatable bonds is 6. The van der Waals surface area contributed by atoms with E-state index >= 15 is 0 Å². The Labute approximate surface area is 124 Å².